The van der Waals surface area contributed by atoms with E-state index < -0.39 is 30.1 Å². The van der Waals surface area contributed by atoms with Crippen LogP contribution in [0.2, 0.25) is 10.0 Å². The van der Waals surface area contributed by atoms with Gasteiger partial charge in [0.1, 0.15) is 11.8 Å². The van der Waals surface area contributed by atoms with Crippen LogP contribution in [0.3, 0.4) is 0 Å². The number of nitrogens with one attached hydrogen (secondary N) is 3. The van der Waals surface area contributed by atoms with E-state index in [4.69, 9.17) is 23.2 Å². The van der Waals surface area contributed by atoms with Gasteiger partial charge in [-0.25, -0.2) is 4.79 Å². The minimum atomic E-state index is -1.40. The Morgan fingerprint density at radius 3 is 2.49 bits per heavy atom. The van der Waals surface area contributed by atoms with Gasteiger partial charge in [-0.2, -0.15) is 0 Å². The Hall–Kier alpha value is -2.50. The molecule has 3 atom stereocenters. The molecule has 6 N–H and O–H groups in total. The number of aliphatic carboxylic acids is 1. The molecule has 3 unspecified atom stereocenters. The van der Waals surface area contributed by atoms with Crippen LogP contribution in [0.5, 0.6) is 5.75 Å². The lowest BCUT2D eigenvalue weighted by Crippen LogP contribution is -2.51. The highest BCUT2D eigenvalue weighted by Gasteiger charge is 2.27. The number of aliphatic hydroxyl groups is 1. The number of amides is 2. The van der Waals surface area contributed by atoms with Crippen LogP contribution in [0.25, 0.3) is 0 Å². The van der Waals surface area contributed by atoms with Crippen LogP contribution in [-0.4, -0.2) is 63.4 Å². The average Bonchev–Trinajstić information content (AvgIpc) is 3.34. The Balaban J connectivity index is 1.63. The highest BCUT2D eigenvalue weighted by molar-refractivity contribution is 7.99. The second-order valence-corrected chi connectivity index (χ2v) is 9.81. The molecule has 0 aliphatic carbocycles. The molecule has 35 heavy (non-hydrogen) atoms. The summed E-state index contributed by atoms with van der Waals surface area (Å²) in [5.74, 6) is -1.17. The van der Waals surface area contributed by atoms with Gasteiger partial charge in [0, 0.05) is 18.2 Å². The van der Waals surface area contributed by atoms with E-state index in [1.807, 2.05) is 6.07 Å². The molecule has 0 aromatic heterocycles. The van der Waals surface area contributed by atoms with Crippen LogP contribution in [0.4, 0.5) is 0 Å². The van der Waals surface area contributed by atoms with Gasteiger partial charge in [-0.05, 0) is 48.2 Å². The molecular formula is C23H25Cl2N3O6S. The first-order chi connectivity index (χ1) is 16.7. The van der Waals surface area contributed by atoms with E-state index in [1.54, 1.807) is 30.0 Å². The number of aromatic hydroxyl groups is 1. The highest BCUT2D eigenvalue weighted by atomic mass is 35.5. The lowest BCUT2D eigenvalue weighted by Gasteiger charge is -2.19. The van der Waals surface area contributed by atoms with Crippen LogP contribution in [-0.2, 0) is 16.0 Å². The summed E-state index contributed by atoms with van der Waals surface area (Å²) in [7, 11) is 0. The summed E-state index contributed by atoms with van der Waals surface area (Å²) in [4.78, 5) is 36.5. The first-order valence-electron chi connectivity index (χ1n) is 10.7. The predicted octanol–water partition coefficient (Wildman–Crippen LogP) is 2.33. The molecule has 1 aliphatic rings. The van der Waals surface area contributed by atoms with Crippen molar-refractivity contribution in [2.75, 3.05) is 18.2 Å². The van der Waals surface area contributed by atoms with E-state index in [0.29, 0.717) is 30.0 Å². The van der Waals surface area contributed by atoms with E-state index in [0.717, 1.165) is 5.56 Å². The molecule has 1 aliphatic heterocycles. The topological polar surface area (TPSA) is 148 Å². The largest absolute Gasteiger partial charge is 0.508 e. The summed E-state index contributed by atoms with van der Waals surface area (Å²) in [6.07, 6.45) is -0.140. The SMILES string of the molecule is O=C(NC(CNC(=O)C1CSCN1)C(=O)O)c1c(Cl)cc(C(O)CCc2cccc(O)c2)cc1Cl. The van der Waals surface area contributed by atoms with E-state index in [1.165, 1.54) is 12.1 Å². The zero-order valence-electron chi connectivity index (χ0n) is 18.5. The number of carboxylic acid groups (broad SMARTS) is 1. The van der Waals surface area contributed by atoms with Gasteiger partial charge in [0.25, 0.3) is 5.91 Å². The van der Waals surface area contributed by atoms with Gasteiger partial charge >= 0.3 is 5.97 Å². The third-order valence-corrected chi connectivity index (χ3v) is 6.95. The number of carbonyl (C=O) groups excluding carboxylic acids is 2. The Bertz CT molecular complexity index is 1070. The first kappa shape index (κ1) is 27.1. The van der Waals surface area contributed by atoms with Crippen molar-refractivity contribution < 1.29 is 29.7 Å². The molecule has 0 saturated carbocycles. The Labute approximate surface area is 216 Å². The summed E-state index contributed by atoms with van der Waals surface area (Å²) in [5, 5.41) is 37.3. The number of phenolic OH excluding ortho intramolecular Hbond substituents is 1. The van der Waals surface area contributed by atoms with Crippen molar-refractivity contribution in [3.63, 3.8) is 0 Å². The summed E-state index contributed by atoms with van der Waals surface area (Å²) in [5.41, 5.74) is 1.09. The summed E-state index contributed by atoms with van der Waals surface area (Å²) in [6, 6.07) is 7.67. The van der Waals surface area contributed by atoms with Crippen LogP contribution in [0.1, 0.15) is 34.0 Å². The number of benzene rings is 2. The van der Waals surface area contributed by atoms with Gasteiger partial charge in [-0.15, -0.1) is 11.8 Å². The number of hydrogen-bond acceptors (Lipinski definition) is 7. The predicted molar refractivity (Wildman–Crippen MR) is 134 cm³/mol. The van der Waals surface area contributed by atoms with Gasteiger partial charge in [-0.3, -0.25) is 14.9 Å². The van der Waals surface area contributed by atoms with Crippen molar-refractivity contribution >= 4 is 52.7 Å². The van der Waals surface area contributed by atoms with Gasteiger partial charge in [0.2, 0.25) is 5.91 Å². The fourth-order valence-corrected chi connectivity index (χ4v) is 5.12. The number of carboxylic acids is 1. The number of aryl methyl sites for hydroxylation is 1. The van der Waals surface area contributed by atoms with Crippen molar-refractivity contribution in [2.45, 2.75) is 31.0 Å². The minimum Gasteiger partial charge on any atom is -0.508 e. The number of rotatable bonds is 10. The van der Waals surface area contributed by atoms with Gasteiger partial charge in [0.05, 0.1) is 27.8 Å². The second kappa shape index (κ2) is 12.5. The van der Waals surface area contributed by atoms with Crippen molar-refractivity contribution in [2.24, 2.45) is 0 Å². The molecule has 1 heterocycles. The van der Waals surface area contributed by atoms with Crippen molar-refractivity contribution in [1.29, 1.82) is 0 Å². The molecule has 1 fully saturated rings. The second-order valence-electron chi connectivity index (χ2n) is 7.97. The first-order valence-corrected chi connectivity index (χ1v) is 12.6. The number of aliphatic hydroxyl groups excluding tert-OH is 1. The lowest BCUT2D eigenvalue weighted by atomic mass is 10.00. The standard InChI is InChI=1S/C23H25Cl2N3O6S/c24-15-7-13(19(30)5-4-12-2-1-3-14(29)6-12)8-16(25)20(15)22(32)28-17(23(33)34)9-26-21(31)18-10-35-11-27-18/h1-3,6-8,17-19,27,29-30H,4-5,9-11H2,(H,26,31)(H,28,32)(H,33,34). The summed E-state index contributed by atoms with van der Waals surface area (Å²) >= 11 is 14.1. The molecule has 1 saturated heterocycles. The molecule has 2 aromatic carbocycles. The van der Waals surface area contributed by atoms with Crippen LogP contribution < -0.4 is 16.0 Å². The van der Waals surface area contributed by atoms with Crippen molar-refractivity contribution in [3.05, 3.63) is 63.1 Å². The minimum absolute atomic E-state index is 0.0539. The van der Waals surface area contributed by atoms with E-state index >= 15 is 0 Å². The van der Waals surface area contributed by atoms with E-state index in [2.05, 4.69) is 16.0 Å². The summed E-state index contributed by atoms with van der Waals surface area (Å²) in [6.45, 7) is -0.316. The van der Waals surface area contributed by atoms with E-state index in [-0.39, 0.29) is 33.8 Å². The molecule has 3 rings (SSSR count). The third kappa shape index (κ3) is 7.49. The zero-order valence-corrected chi connectivity index (χ0v) is 20.8. The fourth-order valence-electron chi connectivity index (χ4n) is 3.50. The summed E-state index contributed by atoms with van der Waals surface area (Å²) < 4.78 is 0. The molecule has 9 nitrogen and oxygen atoms in total. The van der Waals surface area contributed by atoms with Gasteiger partial charge < -0.3 is 26.0 Å². The highest BCUT2D eigenvalue weighted by Crippen LogP contribution is 2.31. The molecule has 2 aromatic rings. The monoisotopic (exact) mass is 541 g/mol. The van der Waals surface area contributed by atoms with E-state index in [9.17, 15) is 29.7 Å². The Morgan fingerprint density at radius 1 is 1.17 bits per heavy atom. The van der Waals surface area contributed by atoms with Crippen LogP contribution in [0.15, 0.2) is 36.4 Å². The van der Waals surface area contributed by atoms with Crippen molar-refractivity contribution in [3.8, 4) is 5.75 Å². The maximum Gasteiger partial charge on any atom is 0.328 e. The molecule has 0 bridgehead atoms. The average molecular weight is 542 g/mol. The number of hydrogen-bond donors (Lipinski definition) is 6. The molecule has 12 heteroatoms. The Kier molecular flexibility index (Phi) is 9.64. The quantitative estimate of drug-likeness (QED) is 0.268. The van der Waals surface area contributed by atoms with Gasteiger partial charge in [-0.1, -0.05) is 35.3 Å². The number of halogens is 2. The molecular weight excluding hydrogens is 517 g/mol. The van der Waals surface area contributed by atoms with Gasteiger partial charge in [0.15, 0.2) is 0 Å². The van der Waals surface area contributed by atoms with Crippen LogP contribution in [0, 0.1) is 0 Å². The molecule has 0 spiro atoms. The maximum atomic E-state index is 12.8. The third-order valence-electron chi connectivity index (χ3n) is 5.41. The maximum absolute atomic E-state index is 12.8. The van der Waals surface area contributed by atoms with Crippen molar-refractivity contribution in [1.82, 2.24) is 16.0 Å². The number of thioether (sulfide) groups is 1. The smallest absolute Gasteiger partial charge is 0.328 e. The lowest BCUT2D eigenvalue weighted by molar-refractivity contribution is -0.139. The molecule has 0 radical (unpaired) electrons. The normalized spacial score (nSPS) is 16.9. The fraction of sp³-hybridized carbons (Fsp3) is 0.348. The van der Waals surface area contributed by atoms with Crippen LogP contribution >= 0.6 is 35.0 Å². The number of carbonyl (C=O) groups is 3. The molecule has 188 valence electrons. The Morgan fingerprint density at radius 2 is 1.89 bits per heavy atom. The number of phenols is 1. The zero-order chi connectivity index (χ0) is 25.5. The molecule has 2 amide bonds.